The first-order valence-corrected chi connectivity index (χ1v) is 12.2. The maximum absolute atomic E-state index is 13.4. The maximum atomic E-state index is 13.4. The number of aromatic nitrogens is 1. The number of urea groups is 1. The van der Waals surface area contributed by atoms with Crippen LogP contribution < -0.4 is 15.6 Å². The number of carbonyl (C=O) groups is 1. The fourth-order valence-electron chi connectivity index (χ4n) is 4.56. The first kappa shape index (κ1) is 24.1. The third-order valence-corrected chi connectivity index (χ3v) is 6.63. The first-order valence-electron chi connectivity index (χ1n) is 11.8. The van der Waals surface area contributed by atoms with Crippen molar-refractivity contribution in [2.45, 2.75) is 39.3 Å². The molecular formula is C26H31ClN4O3. The number of hydrogen-bond acceptors (Lipinski definition) is 4. The van der Waals surface area contributed by atoms with Crippen molar-refractivity contribution in [3.05, 3.63) is 69.5 Å². The van der Waals surface area contributed by atoms with E-state index in [1.165, 1.54) is 0 Å². The summed E-state index contributed by atoms with van der Waals surface area (Å²) in [4.78, 5) is 33.3. The number of anilines is 1. The number of H-pyrrole nitrogens is 1. The second-order valence-electron chi connectivity index (χ2n) is 8.52. The molecule has 34 heavy (non-hydrogen) atoms. The number of hydrogen-bond donors (Lipinski definition) is 2. The minimum Gasteiger partial charge on any atom is -0.494 e. The number of para-hydroxylation sites is 1. The number of nitrogens with zero attached hydrogens (tertiary/aromatic N) is 2. The lowest BCUT2D eigenvalue weighted by molar-refractivity contribution is 0.174. The number of pyridine rings is 1. The second-order valence-corrected chi connectivity index (χ2v) is 8.93. The highest BCUT2D eigenvalue weighted by Gasteiger charge is 2.28. The molecule has 1 aliphatic rings. The first-order chi connectivity index (χ1) is 16.5. The van der Waals surface area contributed by atoms with Crippen molar-refractivity contribution in [3.63, 3.8) is 0 Å². The fraction of sp³-hybridized carbons (Fsp3) is 0.385. The molecule has 8 heteroatoms. The molecule has 2 N–H and O–H groups in total. The van der Waals surface area contributed by atoms with E-state index in [9.17, 15) is 9.59 Å². The summed E-state index contributed by atoms with van der Waals surface area (Å²) in [6, 6.07) is 14.6. The number of amides is 2. The molecule has 3 aromatic rings. The molecule has 0 bridgehead atoms. The molecule has 1 saturated heterocycles. The van der Waals surface area contributed by atoms with E-state index in [1.807, 2.05) is 43.3 Å². The van der Waals surface area contributed by atoms with Crippen molar-refractivity contribution in [1.29, 1.82) is 0 Å². The number of nitrogens with one attached hydrogen (secondary N) is 2. The van der Waals surface area contributed by atoms with Gasteiger partial charge in [-0.2, -0.15) is 0 Å². The van der Waals surface area contributed by atoms with E-state index in [1.54, 1.807) is 17.0 Å². The van der Waals surface area contributed by atoms with Crippen LogP contribution in [0.1, 0.15) is 32.3 Å². The summed E-state index contributed by atoms with van der Waals surface area (Å²) in [6.45, 7) is 7.30. The van der Waals surface area contributed by atoms with Crippen molar-refractivity contribution in [2.75, 3.05) is 31.6 Å². The smallest absolute Gasteiger partial charge is 0.322 e. The van der Waals surface area contributed by atoms with Gasteiger partial charge < -0.3 is 19.9 Å². The molecule has 180 valence electrons. The number of ether oxygens (including phenoxy) is 1. The Hall–Kier alpha value is -3.03. The van der Waals surface area contributed by atoms with Crippen molar-refractivity contribution in [3.8, 4) is 5.75 Å². The lowest BCUT2D eigenvalue weighted by Gasteiger charge is -2.30. The van der Waals surface area contributed by atoms with Crippen molar-refractivity contribution in [1.82, 2.24) is 14.8 Å². The number of fused-ring (bicyclic) bond motifs is 1. The topological polar surface area (TPSA) is 77.7 Å². The predicted octanol–water partition coefficient (Wildman–Crippen LogP) is 5.10. The predicted molar refractivity (Wildman–Crippen MR) is 137 cm³/mol. The number of rotatable bonds is 8. The second kappa shape index (κ2) is 10.9. The number of carbonyl (C=O) groups excluding carboxylic acids is 1. The highest BCUT2D eigenvalue weighted by molar-refractivity contribution is 6.33. The van der Waals surface area contributed by atoms with Crippen molar-refractivity contribution in [2.24, 2.45) is 0 Å². The van der Waals surface area contributed by atoms with E-state index in [4.69, 9.17) is 16.3 Å². The molecule has 2 amide bonds. The molecule has 0 spiro atoms. The van der Waals surface area contributed by atoms with Crippen LogP contribution in [0, 0.1) is 0 Å². The van der Waals surface area contributed by atoms with Gasteiger partial charge in [0.15, 0.2) is 0 Å². The van der Waals surface area contributed by atoms with Crippen molar-refractivity contribution < 1.29 is 9.53 Å². The molecule has 1 aliphatic heterocycles. The molecule has 0 aliphatic carbocycles. The largest absolute Gasteiger partial charge is 0.494 e. The SMILES string of the molecule is CCOc1ccc2[nH]c(=O)c(CN(C[C@@H]3CCCN3CC)C(=O)Nc3ccccc3Cl)cc2c1. The summed E-state index contributed by atoms with van der Waals surface area (Å²) < 4.78 is 5.61. The van der Waals surface area contributed by atoms with Gasteiger partial charge in [-0.1, -0.05) is 30.7 Å². The Morgan fingerprint density at radius 2 is 2.06 bits per heavy atom. The number of benzene rings is 2. The highest BCUT2D eigenvalue weighted by Crippen LogP contribution is 2.24. The highest BCUT2D eigenvalue weighted by atomic mass is 35.5. The van der Waals surface area contributed by atoms with E-state index in [2.05, 4.69) is 22.1 Å². The van der Waals surface area contributed by atoms with Gasteiger partial charge in [0, 0.05) is 29.1 Å². The van der Waals surface area contributed by atoms with Gasteiger partial charge in [-0.25, -0.2) is 4.79 Å². The van der Waals surface area contributed by atoms with Crippen LogP contribution in [0.5, 0.6) is 5.75 Å². The van der Waals surface area contributed by atoms with E-state index < -0.39 is 0 Å². The summed E-state index contributed by atoms with van der Waals surface area (Å²) in [5, 5.41) is 4.26. The fourth-order valence-corrected chi connectivity index (χ4v) is 4.74. The van der Waals surface area contributed by atoms with Gasteiger partial charge in [0.25, 0.3) is 5.56 Å². The van der Waals surface area contributed by atoms with Gasteiger partial charge in [0.1, 0.15) is 5.75 Å². The van der Waals surface area contributed by atoms with Crippen LogP contribution in [-0.4, -0.2) is 53.1 Å². The Morgan fingerprint density at radius 3 is 2.82 bits per heavy atom. The van der Waals surface area contributed by atoms with E-state index >= 15 is 0 Å². The normalized spacial score (nSPS) is 16.0. The molecule has 7 nitrogen and oxygen atoms in total. The maximum Gasteiger partial charge on any atom is 0.322 e. The zero-order valence-electron chi connectivity index (χ0n) is 19.6. The van der Waals surface area contributed by atoms with E-state index in [-0.39, 0.29) is 24.2 Å². The lowest BCUT2D eigenvalue weighted by atomic mass is 10.1. The van der Waals surface area contributed by atoms with Crippen molar-refractivity contribution >= 4 is 34.2 Å². The zero-order valence-corrected chi connectivity index (χ0v) is 20.4. The molecule has 1 aromatic heterocycles. The summed E-state index contributed by atoms with van der Waals surface area (Å²) in [6.07, 6.45) is 2.13. The van der Waals surface area contributed by atoms with Gasteiger partial charge >= 0.3 is 6.03 Å². The monoisotopic (exact) mass is 482 g/mol. The Bertz CT molecular complexity index is 1210. The Labute approximate surface area is 204 Å². The average Bonchev–Trinajstić information content (AvgIpc) is 3.28. The van der Waals surface area contributed by atoms with E-state index in [0.717, 1.165) is 42.6 Å². The number of likely N-dealkylation sites (tertiary alicyclic amines) is 1. The Morgan fingerprint density at radius 1 is 1.24 bits per heavy atom. The Kier molecular flexibility index (Phi) is 7.75. The van der Waals surface area contributed by atoms with Gasteiger partial charge in [0.2, 0.25) is 0 Å². The summed E-state index contributed by atoms with van der Waals surface area (Å²) in [7, 11) is 0. The van der Waals surface area contributed by atoms with Crippen LogP contribution >= 0.6 is 11.6 Å². The average molecular weight is 483 g/mol. The minimum absolute atomic E-state index is 0.189. The molecule has 2 aromatic carbocycles. The molecule has 4 rings (SSSR count). The molecule has 0 radical (unpaired) electrons. The summed E-state index contributed by atoms with van der Waals surface area (Å²) >= 11 is 6.27. The van der Waals surface area contributed by atoms with Gasteiger partial charge in [-0.3, -0.25) is 9.69 Å². The number of halogens is 1. The molecule has 1 atom stereocenters. The molecule has 0 unspecified atom stereocenters. The zero-order chi connectivity index (χ0) is 24.1. The van der Waals surface area contributed by atoms with Crippen LogP contribution in [0.15, 0.2) is 53.3 Å². The van der Waals surface area contributed by atoms with Crippen LogP contribution in [0.2, 0.25) is 5.02 Å². The molecule has 0 saturated carbocycles. The van der Waals surface area contributed by atoms with Crippen LogP contribution in [0.3, 0.4) is 0 Å². The van der Waals surface area contributed by atoms with Crippen LogP contribution in [0.25, 0.3) is 10.9 Å². The third kappa shape index (κ3) is 5.54. The molecule has 1 fully saturated rings. The minimum atomic E-state index is -0.279. The number of likely N-dealkylation sites (N-methyl/N-ethyl adjacent to an activating group) is 1. The molecule has 2 heterocycles. The standard InChI is InChI=1S/C26H31ClN4O3/c1-3-30-13-7-8-20(30)17-31(26(33)29-24-10-6-5-9-22(24)27)16-19-14-18-15-21(34-4-2)11-12-23(18)28-25(19)32/h5-6,9-12,14-15,20H,3-4,7-8,13,16-17H2,1-2H3,(H,28,32)(H,29,33)/t20-/m0/s1. The number of aromatic amines is 1. The van der Waals surface area contributed by atoms with Gasteiger partial charge in [-0.05, 0) is 69.3 Å². The summed E-state index contributed by atoms with van der Waals surface area (Å²) in [5.74, 6) is 0.742. The third-order valence-electron chi connectivity index (χ3n) is 6.30. The quantitative estimate of drug-likeness (QED) is 0.468. The van der Waals surface area contributed by atoms with Gasteiger partial charge in [-0.15, -0.1) is 0 Å². The lowest BCUT2D eigenvalue weighted by Crippen LogP contribution is -2.45. The van der Waals surface area contributed by atoms with Crippen LogP contribution in [0.4, 0.5) is 10.5 Å². The Balaban J connectivity index is 1.63. The van der Waals surface area contributed by atoms with Crippen LogP contribution in [-0.2, 0) is 6.54 Å². The van der Waals surface area contributed by atoms with E-state index in [0.29, 0.717) is 29.4 Å². The summed E-state index contributed by atoms with van der Waals surface area (Å²) in [5.41, 5.74) is 1.60. The molecular weight excluding hydrogens is 452 g/mol. The van der Waals surface area contributed by atoms with Gasteiger partial charge in [0.05, 0.1) is 23.9 Å².